The molecule has 2 aromatic carbocycles. The zero-order valence-corrected chi connectivity index (χ0v) is 19.0. The van der Waals surface area contributed by atoms with Gasteiger partial charge in [-0.3, -0.25) is 19.5 Å². The second-order valence-electron chi connectivity index (χ2n) is 7.38. The van der Waals surface area contributed by atoms with Crippen LogP contribution in [0.5, 0.6) is 5.75 Å². The molecule has 2 heterocycles. The topological polar surface area (TPSA) is 79.7 Å². The van der Waals surface area contributed by atoms with Crippen molar-refractivity contribution in [1.29, 1.82) is 0 Å². The first-order valence-corrected chi connectivity index (χ1v) is 10.5. The maximum atomic E-state index is 13.8. The SMILES string of the molecule is COc1c(Cl)cc(C)cc1/C(O)=C1\C(=O)C(=O)N(c2ccc(F)c(Cl)c2)C1c1ccncc1. The number of aromatic nitrogens is 1. The molecule has 0 bridgehead atoms. The number of carbonyl (C=O) groups excluding carboxylic acids is 2. The fourth-order valence-corrected chi connectivity index (χ4v) is 4.38. The van der Waals surface area contributed by atoms with Crippen LogP contribution in [0.4, 0.5) is 10.1 Å². The van der Waals surface area contributed by atoms with Crippen LogP contribution >= 0.6 is 23.2 Å². The Bertz CT molecular complexity index is 1310. The highest BCUT2D eigenvalue weighted by Gasteiger charge is 2.47. The Hall–Kier alpha value is -3.42. The number of hydrogen-bond donors (Lipinski definition) is 1. The van der Waals surface area contributed by atoms with E-state index in [-0.39, 0.29) is 32.6 Å². The molecule has 1 atom stereocenters. The van der Waals surface area contributed by atoms with Crippen LogP contribution in [-0.4, -0.2) is 28.9 Å². The molecular weight excluding hydrogens is 470 g/mol. The number of aliphatic hydroxyl groups excluding tert-OH is 1. The Morgan fingerprint density at radius 2 is 1.79 bits per heavy atom. The van der Waals surface area contributed by atoms with Crippen LogP contribution in [0.25, 0.3) is 5.76 Å². The van der Waals surface area contributed by atoms with Gasteiger partial charge in [-0.15, -0.1) is 0 Å². The van der Waals surface area contributed by atoms with Gasteiger partial charge in [-0.25, -0.2) is 4.39 Å². The predicted octanol–water partition coefficient (Wildman–Crippen LogP) is 5.47. The lowest BCUT2D eigenvalue weighted by Crippen LogP contribution is -2.29. The van der Waals surface area contributed by atoms with Crippen molar-refractivity contribution < 1.29 is 23.8 Å². The molecule has 1 aromatic heterocycles. The fourth-order valence-electron chi connectivity index (χ4n) is 3.85. The Labute approximate surface area is 198 Å². The van der Waals surface area contributed by atoms with Gasteiger partial charge in [-0.1, -0.05) is 23.2 Å². The van der Waals surface area contributed by atoms with Crippen LogP contribution in [0.1, 0.15) is 22.7 Å². The highest BCUT2D eigenvalue weighted by molar-refractivity contribution is 6.52. The zero-order chi connectivity index (χ0) is 23.9. The lowest BCUT2D eigenvalue weighted by Gasteiger charge is -2.25. The molecule has 0 aliphatic carbocycles. The molecule has 6 nitrogen and oxygen atoms in total. The normalized spacial score (nSPS) is 17.5. The number of halogens is 3. The number of amides is 1. The van der Waals surface area contributed by atoms with Crippen molar-refractivity contribution in [1.82, 2.24) is 4.98 Å². The molecule has 1 aliphatic heterocycles. The maximum absolute atomic E-state index is 13.8. The number of benzene rings is 2. The molecule has 4 rings (SSSR count). The number of hydrogen-bond acceptors (Lipinski definition) is 5. The molecule has 0 radical (unpaired) electrons. The van der Waals surface area contributed by atoms with E-state index >= 15 is 0 Å². The highest BCUT2D eigenvalue weighted by Crippen LogP contribution is 2.44. The first-order valence-electron chi connectivity index (χ1n) is 9.75. The smallest absolute Gasteiger partial charge is 0.300 e. The summed E-state index contributed by atoms with van der Waals surface area (Å²) in [5, 5.41) is 11.3. The first-order chi connectivity index (χ1) is 15.7. The molecule has 1 amide bonds. The van der Waals surface area contributed by atoms with Crippen LogP contribution in [0.15, 0.2) is 60.4 Å². The van der Waals surface area contributed by atoms with Crippen LogP contribution in [0.2, 0.25) is 10.0 Å². The van der Waals surface area contributed by atoms with E-state index in [4.69, 9.17) is 27.9 Å². The summed E-state index contributed by atoms with van der Waals surface area (Å²) in [6, 6.07) is 9.14. The van der Waals surface area contributed by atoms with E-state index in [1.165, 1.54) is 36.5 Å². The van der Waals surface area contributed by atoms with Crippen molar-refractivity contribution in [3.8, 4) is 5.75 Å². The summed E-state index contributed by atoms with van der Waals surface area (Å²) in [5.74, 6) is -2.79. The molecule has 9 heteroatoms. The van der Waals surface area contributed by atoms with E-state index in [1.807, 2.05) is 0 Å². The largest absolute Gasteiger partial charge is 0.507 e. The summed E-state index contributed by atoms with van der Waals surface area (Å²) in [6.07, 6.45) is 2.99. The van der Waals surface area contributed by atoms with Crippen LogP contribution < -0.4 is 9.64 Å². The predicted molar refractivity (Wildman–Crippen MR) is 123 cm³/mol. The lowest BCUT2D eigenvalue weighted by atomic mass is 9.95. The number of methoxy groups -OCH3 is 1. The van der Waals surface area contributed by atoms with Crippen molar-refractivity contribution in [2.45, 2.75) is 13.0 Å². The summed E-state index contributed by atoms with van der Waals surface area (Å²) in [7, 11) is 1.38. The van der Waals surface area contributed by atoms with Crippen molar-refractivity contribution in [3.05, 3.63) is 93.0 Å². The summed E-state index contributed by atoms with van der Waals surface area (Å²) < 4.78 is 19.1. The Morgan fingerprint density at radius 3 is 2.42 bits per heavy atom. The molecule has 0 saturated carbocycles. The van der Waals surface area contributed by atoms with E-state index in [1.54, 1.807) is 31.2 Å². The van der Waals surface area contributed by atoms with Crippen molar-refractivity contribution >= 4 is 46.3 Å². The quantitative estimate of drug-likeness (QED) is 0.300. The second kappa shape index (κ2) is 8.84. The Balaban J connectivity index is 2.00. The number of Topliss-reactive ketones (excluding diaryl/α,β-unsaturated/α-hetero) is 1. The van der Waals surface area contributed by atoms with Gasteiger partial charge < -0.3 is 9.84 Å². The van der Waals surface area contributed by atoms with E-state index < -0.39 is 29.3 Å². The molecular formula is C24H17Cl2FN2O4. The number of rotatable bonds is 4. The van der Waals surface area contributed by atoms with Crippen molar-refractivity contribution in [2.75, 3.05) is 12.0 Å². The molecule has 33 heavy (non-hydrogen) atoms. The Kier molecular flexibility index (Phi) is 6.10. The van der Waals surface area contributed by atoms with Gasteiger partial charge in [0.25, 0.3) is 11.7 Å². The minimum Gasteiger partial charge on any atom is -0.507 e. The summed E-state index contributed by atoms with van der Waals surface area (Å²) >= 11 is 12.2. The monoisotopic (exact) mass is 486 g/mol. The van der Waals surface area contributed by atoms with Gasteiger partial charge in [0.05, 0.1) is 34.3 Å². The first kappa shape index (κ1) is 22.8. The molecule has 1 fully saturated rings. The maximum Gasteiger partial charge on any atom is 0.300 e. The molecule has 0 spiro atoms. The molecule has 168 valence electrons. The highest BCUT2D eigenvalue weighted by atomic mass is 35.5. The van der Waals surface area contributed by atoms with E-state index in [9.17, 15) is 19.1 Å². The fraction of sp³-hybridized carbons (Fsp3) is 0.125. The van der Waals surface area contributed by atoms with Gasteiger partial charge in [0.2, 0.25) is 0 Å². The van der Waals surface area contributed by atoms with Crippen LogP contribution in [0, 0.1) is 12.7 Å². The molecule has 1 aliphatic rings. The minimum atomic E-state index is -1.03. The number of aryl methyl sites for hydroxylation is 1. The molecule has 1 saturated heterocycles. The van der Waals surface area contributed by atoms with Crippen LogP contribution in [-0.2, 0) is 9.59 Å². The van der Waals surface area contributed by atoms with Crippen molar-refractivity contribution in [2.24, 2.45) is 0 Å². The van der Waals surface area contributed by atoms with E-state index in [2.05, 4.69) is 4.98 Å². The number of ketones is 1. The number of pyridine rings is 1. The summed E-state index contributed by atoms with van der Waals surface area (Å²) in [5.41, 5.74) is 1.40. The average molecular weight is 487 g/mol. The molecule has 3 aromatic rings. The third-order valence-electron chi connectivity index (χ3n) is 5.29. The van der Waals surface area contributed by atoms with Gasteiger partial charge in [0.15, 0.2) is 0 Å². The third kappa shape index (κ3) is 3.94. The van der Waals surface area contributed by atoms with Crippen LogP contribution in [0.3, 0.4) is 0 Å². The van der Waals surface area contributed by atoms with Crippen molar-refractivity contribution in [3.63, 3.8) is 0 Å². The van der Waals surface area contributed by atoms with E-state index in [0.29, 0.717) is 11.1 Å². The Morgan fingerprint density at radius 1 is 1.09 bits per heavy atom. The number of ether oxygens (including phenoxy) is 1. The number of anilines is 1. The van der Waals surface area contributed by atoms with Gasteiger partial charge in [0, 0.05) is 18.1 Å². The van der Waals surface area contributed by atoms with Gasteiger partial charge >= 0.3 is 0 Å². The van der Waals surface area contributed by atoms with Gasteiger partial charge in [-0.2, -0.15) is 0 Å². The van der Waals surface area contributed by atoms with Gasteiger partial charge in [-0.05, 0) is 60.5 Å². The molecule has 1 unspecified atom stereocenters. The molecule has 1 N–H and O–H groups in total. The standard InChI is InChI=1S/C24H17Cl2FN2O4/c1-12-9-15(23(33-2)17(26)10-12)21(30)19-20(13-5-7-28-8-6-13)29(24(32)22(19)31)14-3-4-18(27)16(25)11-14/h3-11,20,30H,1-2H3/b21-19+. The second-order valence-corrected chi connectivity index (χ2v) is 8.19. The van der Waals surface area contributed by atoms with Gasteiger partial charge in [0.1, 0.15) is 17.3 Å². The van der Waals surface area contributed by atoms with E-state index in [0.717, 1.165) is 6.07 Å². The third-order valence-corrected chi connectivity index (χ3v) is 5.87. The average Bonchev–Trinajstić information content (AvgIpc) is 3.06. The minimum absolute atomic E-state index is 0.157. The number of carbonyl (C=O) groups is 2. The summed E-state index contributed by atoms with van der Waals surface area (Å²) in [6.45, 7) is 1.77. The number of aliphatic hydroxyl groups is 1. The summed E-state index contributed by atoms with van der Waals surface area (Å²) in [4.78, 5) is 31.5. The zero-order valence-electron chi connectivity index (χ0n) is 17.5. The lowest BCUT2D eigenvalue weighted by molar-refractivity contribution is -0.132. The number of nitrogens with zero attached hydrogens (tertiary/aromatic N) is 2.